The van der Waals surface area contributed by atoms with Gasteiger partial charge >= 0.3 is 0 Å². The minimum Gasteiger partial charge on any atom is -0.415 e. The number of carbonyl (C=O) groups excluding carboxylic acids is 1. The Hall–Kier alpha value is -1.68. The van der Waals surface area contributed by atoms with Crippen LogP contribution in [0.5, 0.6) is 0 Å². The number of nitriles is 1. The molecule has 1 aliphatic rings. The summed E-state index contributed by atoms with van der Waals surface area (Å²) in [6, 6.07) is 11.2. The van der Waals surface area contributed by atoms with Crippen LogP contribution in [0.1, 0.15) is 40.2 Å². The largest absolute Gasteiger partial charge is 0.415 e. The molecule has 0 bridgehead atoms. The van der Waals surface area contributed by atoms with Gasteiger partial charge in [-0.3, -0.25) is 10.1 Å². The fourth-order valence-corrected chi connectivity index (χ4v) is 4.33. The molecule has 1 saturated heterocycles. The molecule has 0 aromatic heterocycles. The zero-order chi connectivity index (χ0) is 21.1. The number of carbonyl (C=O) groups is 1. The van der Waals surface area contributed by atoms with E-state index in [9.17, 15) is 10.1 Å². The fraction of sp³-hybridized carbons (Fsp3) is 0.636. The fourth-order valence-electron chi connectivity index (χ4n) is 3.31. The van der Waals surface area contributed by atoms with Crippen molar-refractivity contribution in [1.29, 1.82) is 5.26 Å². The highest BCUT2D eigenvalue weighted by molar-refractivity contribution is 6.74. The third-order valence-corrected chi connectivity index (χ3v) is 10.7. The highest BCUT2D eigenvalue weighted by Gasteiger charge is 2.45. The van der Waals surface area contributed by atoms with Gasteiger partial charge in [-0.05, 0) is 29.6 Å². The van der Waals surface area contributed by atoms with Crippen LogP contribution in [-0.2, 0) is 15.8 Å². The van der Waals surface area contributed by atoms with Gasteiger partial charge in [0.15, 0.2) is 14.4 Å². The van der Waals surface area contributed by atoms with Gasteiger partial charge < -0.3 is 9.33 Å². The number of hydrogen-bond acceptors (Lipinski definition) is 4. The normalized spacial score (nSPS) is 23.8. The van der Waals surface area contributed by atoms with Crippen molar-refractivity contribution in [3.8, 4) is 6.07 Å². The number of rotatable bonds is 6. The van der Waals surface area contributed by atoms with Crippen molar-refractivity contribution in [2.75, 3.05) is 6.61 Å². The van der Waals surface area contributed by atoms with E-state index in [0.717, 1.165) is 5.56 Å². The zero-order valence-electron chi connectivity index (χ0n) is 18.3. The average molecular weight is 402 g/mol. The van der Waals surface area contributed by atoms with Crippen molar-refractivity contribution in [3.05, 3.63) is 35.9 Å². The van der Waals surface area contributed by atoms with E-state index in [2.05, 4.69) is 59.1 Å². The molecule has 0 spiro atoms. The summed E-state index contributed by atoms with van der Waals surface area (Å²) in [4.78, 5) is 14.9. The van der Waals surface area contributed by atoms with Crippen LogP contribution in [0.15, 0.2) is 30.3 Å². The quantitative estimate of drug-likeness (QED) is 0.734. The van der Waals surface area contributed by atoms with Gasteiger partial charge in [0.2, 0.25) is 0 Å². The first-order valence-electron chi connectivity index (χ1n) is 10.1. The van der Waals surface area contributed by atoms with Gasteiger partial charge in [0, 0.05) is 12.6 Å². The Morgan fingerprint density at radius 2 is 1.86 bits per heavy atom. The number of nitrogens with zero attached hydrogens (tertiary/aromatic N) is 2. The number of amides is 1. The van der Waals surface area contributed by atoms with E-state index < -0.39 is 14.4 Å². The molecule has 154 valence electrons. The first-order valence-corrected chi connectivity index (χ1v) is 13.0. The van der Waals surface area contributed by atoms with E-state index in [4.69, 9.17) is 4.43 Å². The van der Waals surface area contributed by atoms with E-state index in [-0.39, 0.29) is 28.9 Å². The minimum atomic E-state index is -1.95. The molecular formula is C22H35N3O2Si. The number of benzene rings is 1. The summed E-state index contributed by atoms with van der Waals surface area (Å²) in [5, 5.41) is 12.9. The second-order valence-electron chi connectivity index (χ2n) is 9.59. The van der Waals surface area contributed by atoms with Crippen molar-refractivity contribution in [2.45, 2.75) is 77.4 Å². The maximum Gasteiger partial charge on any atom is 0.255 e. The van der Waals surface area contributed by atoms with Crippen molar-refractivity contribution >= 4 is 14.2 Å². The van der Waals surface area contributed by atoms with Crippen LogP contribution in [0.3, 0.4) is 0 Å². The van der Waals surface area contributed by atoms with E-state index in [1.165, 1.54) is 0 Å². The zero-order valence-corrected chi connectivity index (χ0v) is 19.3. The van der Waals surface area contributed by atoms with Gasteiger partial charge in [-0.1, -0.05) is 65.0 Å². The standard InChI is InChI=1S/C22H35N3O2Si/c1-16(2)20-19(15-27-28(6,7)22(3,4)5)25(21(26)18(13-23)24-20)14-17-11-9-8-10-12-17/h8-12,16,18-20,24H,14-15H2,1-7H3/t18-,19-,20-/m1/s1. The molecule has 1 amide bonds. The van der Waals surface area contributed by atoms with Crippen LogP contribution >= 0.6 is 0 Å². The van der Waals surface area contributed by atoms with Gasteiger partial charge in [0.25, 0.3) is 5.91 Å². The Morgan fingerprint density at radius 1 is 1.25 bits per heavy atom. The van der Waals surface area contributed by atoms with Crippen molar-refractivity contribution in [3.63, 3.8) is 0 Å². The molecule has 2 rings (SSSR count). The third-order valence-electron chi connectivity index (χ3n) is 6.17. The molecule has 6 heteroatoms. The predicted octanol–water partition coefficient (Wildman–Crippen LogP) is 3.93. The smallest absolute Gasteiger partial charge is 0.255 e. The lowest BCUT2D eigenvalue weighted by atomic mass is 9.91. The van der Waals surface area contributed by atoms with Gasteiger partial charge in [-0.25, -0.2) is 0 Å². The molecule has 0 aliphatic carbocycles. The van der Waals surface area contributed by atoms with Gasteiger partial charge in [-0.15, -0.1) is 0 Å². The molecule has 1 fully saturated rings. The van der Waals surface area contributed by atoms with Gasteiger partial charge in [0.05, 0.1) is 18.7 Å². The van der Waals surface area contributed by atoms with Crippen molar-refractivity contribution in [1.82, 2.24) is 10.2 Å². The van der Waals surface area contributed by atoms with E-state index in [1.54, 1.807) is 0 Å². The van der Waals surface area contributed by atoms with E-state index in [1.807, 2.05) is 35.2 Å². The highest BCUT2D eigenvalue weighted by Crippen LogP contribution is 2.37. The third kappa shape index (κ3) is 5.02. The van der Waals surface area contributed by atoms with Crippen LogP contribution in [-0.4, -0.2) is 43.9 Å². The summed E-state index contributed by atoms with van der Waals surface area (Å²) in [6.45, 7) is 16.4. The Labute approximate surface area is 171 Å². The molecule has 3 atom stereocenters. The van der Waals surface area contributed by atoms with Gasteiger partial charge in [0.1, 0.15) is 0 Å². The highest BCUT2D eigenvalue weighted by atomic mass is 28.4. The second kappa shape index (κ2) is 8.77. The number of hydrogen-bond donors (Lipinski definition) is 1. The topological polar surface area (TPSA) is 65.4 Å². The average Bonchev–Trinajstić information content (AvgIpc) is 2.61. The molecule has 5 nitrogen and oxygen atoms in total. The van der Waals surface area contributed by atoms with Crippen molar-refractivity contribution < 1.29 is 9.22 Å². The molecule has 1 aliphatic heterocycles. The Morgan fingerprint density at radius 3 is 2.36 bits per heavy atom. The summed E-state index contributed by atoms with van der Waals surface area (Å²) < 4.78 is 6.52. The first kappa shape index (κ1) is 22.6. The Kier molecular flexibility index (Phi) is 7.08. The van der Waals surface area contributed by atoms with Crippen LogP contribution in [0.25, 0.3) is 0 Å². The van der Waals surface area contributed by atoms with Crippen molar-refractivity contribution in [2.24, 2.45) is 5.92 Å². The maximum atomic E-state index is 13.1. The van der Waals surface area contributed by atoms with E-state index in [0.29, 0.717) is 13.2 Å². The molecular weight excluding hydrogens is 366 g/mol. The molecule has 0 unspecified atom stereocenters. The molecule has 1 N–H and O–H groups in total. The second-order valence-corrected chi connectivity index (χ2v) is 14.4. The summed E-state index contributed by atoms with van der Waals surface area (Å²) in [5.41, 5.74) is 1.06. The molecule has 1 heterocycles. The van der Waals surface area contributed by atoms with E-state index >= 15 is 0 Å². The molecule has 28 heavy (non-hydrogen) atoms. The van der Waals surface area contributed by atoms with Crippen LogP contribution < -0.4 is 5.32 Å². The SMILES string of the molecule is CC(C)[C@H]1N[C@H](C#N)C(=O)N(Cc2ccccc2)[C@@H]1CO[Si](C)(C)C(C)(C)C. The summed E-state index contributed by atoms with van der Waals surface area (Å²) >= 11 is 0. The summed E-state index contributed by atoms with van der Waals surface area (Å²) in [6.07, 6.45) is 0. The molecule has 0 radical (unpaired) electrons. The lowest BCUT2D eigenvalue weighted by Crippen LogP contribution is -2.67. The Bertz CT molecular complexity index is 707. The minimum absolute atomic E-state index is 0.0100. The maximum absolute atomic E-state index is 13.1. The summed E-state index contributed by atoms with van der Waals surface area (Å²) in [7, 11) is -1.95. The predicted molar refractivity (Wildman–Crippen MR) is 115 cm³/mol. The van der Waals surface area contributed by atoms with Crippen LogP contribution in [0.2, 0.25) is 18.1 Å². The van der Waals surface area contributed by atoms with Gasteiger partial charge in [-0.2, -0.15) is 5.26 Å². The first-order chi connectivity index (χ1) is 13.0. The lowest BCUT2D eigenvalue weighted by molar-refractivity contribution is -0.141. The summed E-state index contributed by atoms with van der Waals surface area (Å²) in [5.74, 6) is 0.113. The molecule has 1 aromatic carbocycles. The monoisotopic (exact) mass is 401 g/mol. The van der Waals surface area contributed by atoms with Crippen LogP contribution in [0.4, 0.5) is 0 Å². The lowest BCUT2D eigenvalue weighted by Gasteiger charge is -2.47. The molecule has 1 aromatic rings. The number of piperazine rings is 1. The molecule has 0 saturated carbocycles. The Balaban J connectivity index is 2.33. The van der Waals surface area contributed by atoms with Crippen LogP contribution in [0, 0.1) is 17.2 Å². The number of nitrogens with one attached hydrogen (secondary N) is 1.